The van der Waals surface area contributed by atoms with Gasteiger partial charge in [-0.15, -0.1) is 0 Å². The van der Waals surface area contributed by atoms with Gasteiger partial charge in [0.15, 0.2) is 0 Å². The molecular weight excluding hydrogens is 370 g/mol. The molecule has 1 aromatic carbocycles. The standard InChI is InChI=1S/C16H24ClNO4S2/c1-16(2,15(19)20)12-23-11-5-3-4-10-18-24(21,22)14-8-6-13(17)7-9-14/h6-9,18H,3-5,10-12H2,1-2H3,(H,19,20). The molecule has 8 heteroatoms. The van der Waals surface area contributed by atoms with Crippen molar-refractivity contribution in [2.24, 2.45) is 5.41 Å². The number of hydrogen-bond donors (Lipinski definition) is 2. The molecule has 136 valence electrons. The van der Waals surface area contributed by atoms with Crippen LogP contribution in [0.1, 0.15) is 33.1 Å². The highest BCUT2D eigenvalue weighted by atomic mass is 35.5. The Morgan fingerprint density at radius 1 is 1.21 bits per heavy atom. The summed E-state index contributed by atoms with van der Waals surface area (Å²) in [6.07, 6.45) is 2.57. The number of sulfonamides is 1. The Hall–Kier alpha value is -0.760. The van der Waals surface area contributed by atoms with Crippen molar-refractivity contribution in [3.05, 3.63) is 29.3 Å². The number of thioether (sulfide) groups is 1. The minimum atomic E-state index is -3.48. The highest BCUT2D eigenvalue weighted by molar-refractivity contribution is 7.99. The minimum absolute atomic E-state index is 0.207. The van der Waals surface area contributed by atoms with Gasteiger partial charge in [0.1, 0.15) is 0 Å². The second-order valence-corrected chi connectivity index (χ2v) is 9.46. The molecule has 0 spiro atoms. The topological polar surface area (TPSA) is 83.5 Å². The molecule has 5 nitrogen and oxygen atoms in total. The maximum atomic E-state index is 12.0. The van der Waals surface area contributed by atoms with Crippen molar-refractivity contribution in [1.82, 2.24) is 4.72 Å². The second-order valence-electron chi connectivity index (χ2n) is 6.15. The lowest BCUT2D eigenvalue weighted by molar-refractivity contribution is -0.145. The average Bonchev–Trinajstić information content (AvgIpc) is 2.50. The summed E-state index contributed by atoms with van der Waals surface area (Å²) in [5.74, 6) is 0.665. The lowest BCUT2D eigenvalue weighted by Gasteiger charge is -2.18. The zero-order valence-electron chi connectivity index (χ0n) is 13.9. The SMILES string of the molecule is CC(C)(CSCCCCCNS(=O)(=O)c1ccc(Cl)cc1)C(=O)O. The fraction of sp³-hybridized carbons (Fsp3) is 0.562. The molecule has 0 atom stereocenters. The number of carboxylic acids is 1. The van der Waals surface area contributed by atoms with Crippen LogP contribution in [0.3, 0.4) is 0 Å². The summed E-state index contributed by atoms with van der Waals surface area (Å²) < 4.78 is 26.6. The fourth-order valence-corrected chi connectivity index (χ4v) is 4.19. The van der Waals surface area contributed by atoms with Crippen LogP contribution in [0, 0.1) is 5.41 Å². The summed E-state index contributed by atoms with van der Waals surface area (Å²) in [6, 6.07) is 6.05. The number of hydrogen-bond acceptors (Lipinski definition) is 4. The summed E-state index contributed by atoms with van der Waals surface area (Å²) in [5, 5.41) is 9.51. The smallest absolute Gasteiger partial charge is 0.309 e. The van der Waals surface area contributed by atoms with Crippen LogP contribution < -0.4 is 4.72 Å². The zero-order valence-corrected chi connectivity index (χ0v) is 16.3. The van der Waals surface area contributed by atoms with E-state index < -0.39 is 21.4 Å². The summed E-state index contributed by atoms with van der Waals surface area (Å²) in [7, 11) is -3.48. The van der Waals surface area contributed by atoms with E-state index in [-0.39, 0.29) is 4.90 Å². The van der Waals surface area contributed by atoms with Crippen LogP contribution in [0.4, 0.5) is 0 Å². The van der Waals surface area contributed by atoms with E-state index in [1.54, 1.807) is 37.7 Å². The molecule has 0 bridgehead atoms. The van der Waals surface area contributed by atoms with E-state index in [1.165, 1.54) is 12.1 Å². The maximum Gasteiger partial charge on any atom is 0.309 e. The number of nitrogens with one attached hydrogen (secondary N) is 1. The van der Waals surface area contributed by atoms with Crippen LogP contribution in [0.5, 0.6) is 0 Å². The van der Waals surface area contributed by atoms with Crippen molar-refractivity contribution >= 4 is 39.4 Å². The highest BCUT2D eigenvalue weighted by Gasteiger charge is 2.26. The fourth-order valence-electron chi connectivity index (χ4n) is 1.80. The van der Waals surface area contributed by atoms with Crippen molar-refractivity contribution in [3.8, 4) is 0 Å². The third kappa shape index (κ3) is 7.42. The predicted octanol–water partition coefficient (Wildman–Crippen LogP) is 3.63. The number of carbonyl (C=O) groups is 1. The Bertz CT molecular complexity index is 630. The lowest BCUT2D eigenvalue weighted by Crippen LogP contribution is -2.26. The average molecular weight is 394 g/mol. The molecule has 0 fully saturated rings. The first-order chi connectivity index (χ1) is 11.1. The van der Waals surface area contributed by atoms with Crippen molar-refractivity contribution in [2.45, 2.75) is 38.0 Å². The maximum absolute atomic E-state index is 12.0. The Kier molecular flexibility index (Phi) is 8.56. The van der Waals surface area contributed by atoms with Gasteiger partial charge in [0.05, 0.1) is 10.3 Å². The summed E-state index contributed by atoms with van der Waals surface area (Å²) in [5.41, 5.74) is -0.709. The van der Waals surface area contributed by atoms with Gasteiger partial charge in [0, 0.05) is 17.3 Å². The molecule has 0 aliphatic rings. The molecule has 0 aliphatic heterocycles. The van der Waals surface area contributed by atoms with Crippen molar-refractivity contribution in [2.75, 3.05) is 18.1 Å². The van der Waals surface area contributed by atoms with Crippen molar-refractivity contribution < 1.29 is 18.3 Å². The van der Waals surface area contributed by atoms with Gasteiger partial charge in [-0.2, -0.15) is 11.8 Å². The molecule has 0 unspecified atom stereocenters. The number of halogens is 1. The van der Waals surface area contributed by atoms with Crippen LogP contribution >= 0.6 is 23.4 Å². The van der Waals surface area contributed by atoms with Gasteiger partial charge >= 0.3 is 5.97 Å². The number of rotatable bonds is 11. The molecule has 0 heterocycles. The largest absolute Gasteiger partial charge is 0.481 e. The number of benzene rings is 1. The normalized spacial score (nSPS) is 12.3. The van der Waals surface area contributed by atoms with Crippen LogP contribution in [0.15, 0.2) is 29.2 Å². The van der Waals surface area contributed by atoms with Gasteiger partial charge in [0.2, 0.25) is 10.0 Å². The highest BCUT2D eigenvalue weighted by Crippen LogP contribution is 2.22. The summed E-state index contributed by atoms with van der Waals surface area (Å²) in [6.45, 7) is 3.82. The van der Waals surface area contributed by atoms with E-state index in [2.05, 4.69) is 4.72 Å². The molecule has 0 amide bonds. The third-order valence-corrected chi connectivity index (χ3v) is 6.66. The monoisotopic (exact) mass is 393 g/mol. The van der Waals surface area contributed by atoms with E-state index in [4.69, 9.17) is 16.7 Å². The number of aliphatic carboxylic acids is 1. The Balaban J connectivity index is 2.18. The summed E-state index contributed by atoms with van der Waals surface area (Å²) >= 11 is 7.36. The molecule has 24 heavy (non-hydrogen) atoms. The van der Waals surface area contributed by atoms with Crippen LogP contribution in [-0.4, -0.2) is 37.5 Å². The first kappa shape index (κ1) is 21.3. The van der Waals surface area contributed by atoms with E-state index in [0.29, 0.717) is 17.3 Å². The van der Waals surface area contributed by atoms with Gasteiger partial charge in [-0.1, -0.05) is 18.0 Å². The quantitative estimate of drug-likeness (QED) is 0.561. The molecule has 0 aromatic heterocycles. The molecule has 0 saturated heterocycles. The van der Waals surface area contributed by atoms with E-state index in [9.17, 15) is 13.2 Å². The molecule has 0 aliphatic carbocycles. The van der Waals surface area contributed by atoms with Gasteiger partial charge in [-0.05, 0) is 56.7 Å². The van der Waals surface area contributed by atoms with Gasteiger partial charge in [-0.3, -0.25) is 4.79 Å². The van der Waals surface area contributed by atoms with E-state index in [0.717, 1.165) is 25.0 Å². The molecule has 1 rings (SSSR count). The van der Waals surface area contributed by atoms with Gasteiger partial charge in [-0.25, -0.2) is 13.1 Å². The van der Waals surface area contributed by atoms with Crippen LogP contribution in [0.2, 0.25) is 5.02 Å². The van der Waals surface area contributed by atoms with Gasteiger partial charge in [0.25, 0.3) is 0 Å². The van der Waals surface area contributed by atoms with Crippen LogP contribution in [0.25, 0.3) is 0 Å². The third-order valence-electron chi connectivity index (χ3n) is 3.42. The molecule has 1 aromatic rings. The molecule has 0 radical (unpaired) electrons. The van der Waals surface area contributed by atoms with E-state index in [1.807, 2.05) is 0 Å². The Labute approximate surface area is 153 Å². The van der Waals surface area contributed by atoms with Gasteiger partial charge < -0.3 is 5.11 Å². The van der Waals surface area contributed by atoms with Crippen molar-refractivity contribution in [1.29, 1.82) is 0 Å². The number of carboxylic acid groups (broad SMARTS) is 1. The molecule has 0 saturated carbocycles. The predicted molar refractivity (Wildman–Crippen MR) is 99.2 cm³/mol. The molecular formula is C16H24ClNO4S2. The Morgan fingerprint density at radius 2 is 1.83 bits per heavy atom. The lowest BCUT2D eigenvalue weighted by atomic mass is 9.97. The summed E-state index contributed by atoms with van der Waals surface area (Å²) in [4.78, 5) is 11.2. The first-order valence-electron chi connectivity index (χ1n) is 7.71. The first-order valence-corrected chi connectivity index (χ1v) is 10.7. The molecule has 2 N–H and O–H groups in total. The van der Waals surface area contributed by atoms with Crippen molar-refractivity contribution in [3.63, 3.8) is 0 Å². The zero-order chi connectivity index (χ0) is 18.2. The second kappa shape index (κ2) is 9.65. The Morgan fingerprint density at radius 3 is 2.42 bits per heavy atom. The minimum Gasteiger partial charge on any atom is -0.481 e. The van der Waals surface area contributed by atoms with Crippen LogP contribution in [-0.2, 0) is 14.8 Å². The van der Waals surface area contributed by atoms with E-state index >= 15 is 0 Å². The number of unbranched alkanes of at least 4 members (excludes halogenated alkanes) is 2.